The Hall–Kier alpha value is -1.32. The average molecular weight is 347 g/mol. The molecule has 2 aromatic carbocycles. The highest BCUT2D eigenvalue weighted by Crippen LogP contribution is 2.25. The Morgan fingerprint density at radius 3 is 2.43 bits per heavy atom. The maximum absolute atomic E-state index is 3.69. The van der Waals surface area contributed by atoms with Gasteiger partial charge in [0.25, 0.3) is 0 Å². The van der Waals surface area contributed by atoms with Crippen molar-refractivity contribution >= 4 is 21.6 Å². The summed E-state index contributed by atoms with van der Waals surface area (Å²) < 4.78 is 1.17. The van der Waals surface area contributed by atoms with Crippen LogP contribution in [-0.2, 0) is 13.1 Å². The molecule has 0 aliphatic rings. The van der Waals surface area contributed by atoms with Crippen LogP contribution in [0.5, 0.6) is 0 Å². The number of hydrogen-bond donors (Lipinski definition) is 1. The van der Waals surface area contributed by atoms with Crippen LogP contribution >= 0.6 is 15.9 Å². The molecular formula is C18H23BrN2. The Bertz CT molecular complexity index is 554. The highest BCUT2D eigenvalue weighted by atomic mass is 79.9. The highest BCUT2D eigenvalue weighted by molar-refractivity contribution is 9.10. The molecule has 0 fully saturated rings. The molecule has 0 radical (unpaired) electrons. The van der Waals surface area contributed by atoms with Gasteiger partial charge in [-0.05, 0) is 36.7 Å². The van der Waals surface area contributed by atoms with E-state index in [9.17, 15) is 0 Å². The van der Waals surface area contributed by atoms with E-state index in [4.69, 9.17) is 0 Å². The van der Waals surface area contributed by atoms with Crippen LogP contribution < -0.4 is 10.2 Å². The first-order chi connectivity index (χ1) is 10.2. The second kappa shape index (κ2) is 8.20. The van der Waals surface area contributed by atoms with Crippen molar-refractivity contribution in [2.75, 3.05) is 18.0 Å². The number of rotatable bonds is 7. The largest absolute Gasteiger partial charge is 0.367 e. The monoisotopic (exact) mass is 346 g/mol. The smallest absolute Gasteiger partial charge is 0.0429 e. The molecule has 0 heterocycles. The van der Waals surface area contributed by atoms with Gasteiger partial charge in [-0.15, -0.1) is 0 Å². The van der Waals surface area contributed by atoms with E-state index in [0.717, 1.165) is 26.2 Å². The molecule has 0 unspecified atom stereocenters. The quantitative estimate of drug-likeness (QED) is 0.788. The van der Waals surface area contributed by atoms with E-state index in [1.807, 2.05) is 0 Å². The molecule has 112 valence electrons. The molecule has 2 rings (SSSR count). The Morgan fingerprint density at radius 1 is 1.05 bits per heavy atom. The van der Waals surface area contributed by atoms with Crippen molar-refractivity contribution in [3.05, 3.63) is 64.1 Å². The van der Waals surface area contributed by atoms with E-state index in [1.54, 1.807) is 0 Å². The zero-order chi connectivity index (χ0) is 15.1. The molecule has 0 atom stereocenters. The van der Waals surface area contributed by atoms with Crippen LogP contribution in [0, 0.1) is 0 Å². The fourth-order valence-corrected chi connectivity index (χ4v) is 2.83. The minimum atomic E-state index is 0.905. The lowest BCUT2D eigenvalue weighted by atomic mass is 10.1. The van der Waals surface area contributed by atoms with Crippen molar-refractivity contribution in [1.29, 1.82) is 0 Å². The zero-order valence-electron chi connectivity index (χ0n) is 12.8. The molecule has 2 aromatic rings. The summed E-state index contributed by atoms with van der Waals surface area (Å²) in [5.74, 6) is 0. The van der Waals surface area contributed by atoms with Gasteiger partial charge in [0.2, 0.25) is 0 Å². The van der Waals surface area contributed by atoms with Crippen LogP contribution in [0.25, 0.3) is 0 Å². The van der Waals surface area contributed by atoms with E-state index < -0.39 is 0 Å². The lowest BCUT2D eigenvalue weighted by Crippen LogP contribution is -2.22. The van der Waals surface area contributed by atoms with Crippen LogP contribution in [0.4, 0.5) is 5.69 Å². The Balaban J connectivity index is 2.13. The van der Waals surface area contributed by atoms with Gasteiger partial charge in [0.05, 0.1) is 0 Å². The van der Waals surface area contributed by atoms with Crippen molar-refractivity contribution < 1.29 is 0 Å². The first kappa shape index (κ1) is 16.1. The summed E-state index contributed by atoms with van der Waals surface area (Å²) in [6.07, 6.45) is 0. The van der Waals surface area contributed by atoms with E-state index in [0.29, 0.717) is 0 Å². The summed E-state index contributed by atoms with van der Waals surface area (Å²) in [6, 6.07) is 17.2. The number of halogens is 1. The van der Waals surface area contributed by atoms with Crippen LogP contribution in [0.15, 0.2) is 53.0 Å². The number of nitrogens with zero attached hydrogens (tertiary/aromatic N) is 1. The Kier molecular flexibility index (Phi) is 6.27. The molecule has 2 nitrogen and oxygen atoms in total. The van der Waals surface area contributed by atoms with Gasteiger partial charge in [-0.1, -0.05) is 59.3 Å². The van der Waals surface area contributed by atoms with Crippen molar-refractivity contribution in [3.8, 4) is 0 Å². The van der Waals surface area contributed by atoms with Crippen molar-refractivity contribution in [1.82, 2.24) is 5.32 Å². The third kappa shape index (κ3) is 4.58. The maximum atomic E-state index is 3.69. The van der Waals surface area contributed by atoms with Gasteiger partial charge in [0.15, 0.2) is 0 Å². The molecule has 0 aromatic heterocycles. The summed E-state index contributed by atoms with van der Waals surface area (Å²) in [5.41, 5.74) is 3.90. The first-order valence-corrected chi connectivity index (χ1v) is 8.32. The number of benzene rings is 2. The van der Waals surface area contributed by atoms with E-state index in [2.05, 4.69) is 88.5 Å². The fourth-order valence-electron chi connectivity index (χ4n) is 2.33. The van der Waals surface area contributed by atoms with Gasteiger partial charge in [-0.3, -0.25) is 0 Å². The van der Waals surface area contributed by atoms with E-state index in [1.165, 1.54) is 21.3 Å². The van der Waals surface area contributed by atoms with Gasteiger partial charge >= 0.3 is 0 Å². The molecule has 21 heavy (non-hydrogen) atoms. The number of nitrogens with one attached hydrogen (secondary N) is 1. The van der Waals surface area contributed by atoms with Crippen LogP contribution in [0.1, 0.15) is 25.0 Å². The molecule has 0 aliphatic heterocycles. The molecule has 0 amide bonds. The minimum absolute atomic E-state index is 0.905. The molecule has 1 N–H and O–H groups in total. The van der Waals surface area contributed by atoms with Crippen molar-refractivity contribution in [3.63, 3.8) is 0 Å². The van der Waals surface area contributed by atoms with Gasteiger partial charge in [0.1, 0.15) is 0 Å². The molecule has 0 saturated heterocycles. The minimum Gasteiger partial charge on any atom is -0.367 e. The van der Waals surface area contributed by atoms with Crippen molar-refractivity contribution in [2.45, 2.75) is 26.9 Å². The third-order valence-electron chi connectivity index (χ3n) is 3.57. The molecular weight excluding hydrogens is 324 g/mol. The second-order valence-electron chi connectivity index (χ2n) is 5.06. The van der Waals surface area contributed by atoms with Gasteiger partial charge in [-0.25, -0.2) is 0 Å². The van der Waals surface area contributed by atoms with Crippen molar-refractivity contribution in [2.24, 2.45) is 0 Å². The van der Waals surface area contributed by atoms with Crippen LogP contribution in [0.2, 0.25) is 0 Å². The Morgan fingerprint density at radius 2 is 1.81 bits per heavy atom. The normalized spacial score (nSPS) is 10.6. The summed E-state index contributed by atoms with van der Waals surface area (Å²) in [5, 5.41) is 3.36. The summed E-state index contributed by atoms with van der Waals surface area (Å²) >= 11 is 3.69. The summed E-state index contributed by atoms with van der Waals surface area (Å²) in [7, 11) is 0. The molecule has 0 saturated carbocycles. The third-order valence-corrected chi connectivity index (χ3v) is 4.30. The molecule has 3 heteroatoms. The lowest BCUT2D eigenvalue weighted by Gasteiger charge is -2.24. The SMILES string of the molecule is CCNCc1ccc(N(CC)Cc2ccccc2)cc1Br. The standard InChI is InChI=1S/C18H23BrN2/c1-3-20-13-16-10-11-17(12-18(16)19)21(4-2)14-15-8-6-5-7-9-15/h5-12,20H,3-4,13-14H2,1-2H3. The first-order valence-electron chi connectivity index (χ1n) is 7.52. The molecule has 0 spiro atoms. The Labute approximate surface area is 136 Å². The molecule has 0 aliphatic carbocycles. The van der Waals surface area contributed by atoms with Crippen LogP contribution in [0.3, 0.4) is 0 Å². The second-order valence-corrected chi connectivity index (χ2v) is 5.91. The van der Waals surface area contributed by atoms with Gasteiger partial charge < -0.3 is 10.2 Å². The summed E-state index contributed by atoms with van der Waals surface area (Å²) in [6.45, 7) is 8.15. The fraction of sp³-hybridized carbons (Fsp3) is 0.333. The van der Waals surface area contributed by atoms with E-state index >= 15 is 0 Å². The average Bonchev–Trinajstić information content (AvgIpc) is 2.52. The van der Waals surface area contributed by atoms with Gasteiger partial charge in [-0.2, -0.15) is 0 Å². The van der Waals surface area contributed by atoms with Gasteiger partial charge in [0, 0.05) is 29.8 Å². The summed E-state index contributed by atoms with van der Waals surface area (Å²) in [4.78, 5) is 2.39. The van der Waals surface area contributed by atoms with Crippen LogP contribution in [-0.4, -0.2) is 13.1 Å². The van der Waals surface area contributed by atoms with E-state index in [-0.39, 0.29) is 0 Å². The predicted molar refractivity (Wildman–Crippen MR) is 94.7 cm³/mol. The maximum Gasteiger partial charge on any atom is 0.0429 e. The number of anilines is 1. The number of hydrogen-bond acceptors (Lipinski definition) is 2. The zero-order valence-corrected chi connectivity index (χ0v) is 14.4. The predicted octanol–water partition coefficient (Wildman–Crippen LogP) is 4.59. The highest BCUT2D eigenvalue weighted by Gasteiger charge is 2.08. The topological polar surface area (TPSA) is 15.3 Å². The lowest BCUT2D eigenvalue weighted by molar-refractivity contribution is 0.724. The molecule has 0 bridgehead atoms.